The Balaban J connectivity index is 1.88. The molecule has 2 atom stereocenters. The normalized spacial score (nSPS) is 25.4. The fourth-order valence-electron chi connectivity index (χ4n) is 4.20. The number of ether oxygens (including phenoxy) is 1. The highest BCUT2D eigenvalue weighted by molar-refractivity contribution is 9.09. The minimum Gasteiger partial charge on any atom is -0.396 e. The van der Waals surface area contributed by atoms with Crippen LogP contribution in [0.1, 0.15) is 35.1 Å². The lowest BCUT2D eigenvalue weighted by atomic mass is 9.74. The molecule has 2 aromatic carbocycles. The lowest BCUT2D eigenvalue weighted by molar-refractivity contribution is 0.0143. The van der Waals surface area contributed by atoms with E-state index >= 15 is 0 Å². The molecule has 1 fully saturated rings. The minimum absolute atomic E-state index is 0.0958. The summed E-state index contributed by atoms with van der Waals surface area (Å²) in [4.78, 5) is 0. The predicted octanol–water partition coefficient (Wildman–Crippen LogP) is 5.40. The highest BCUT2D eigenvalue weighted by Gasteiger charge is 2.50. The topological polar surface area (TPSA) is 29.5 Å². The summed E-state index contributed by atoms with van der Waals surface area (Å²) in [5, 5.41) is 11.0. The second kappa shape index (κ2) is 7.67. The van der Waals surface area contributed by atoms with Crippen LogP contribution in [-0.2, 0) is 10.3 Å². The van der Waals surface area contributed by atoms with Crippen LogP contribution in [-0.4, -0.2) is 23.7 Å². The Kier molecular flexibility index (Phi) is 5.71. The summed E-state index contributed by atoms with van der Waals surface area (Å²) in [6.45, 7) is 9.18. The molecular weight excluding hydrogens is 388 g/mol. The first-order chi connectivity index (χ1) is 12.5. The molecule has 2 nitrogen and oxygen atoms in total. The zero-order valence-electron chi connectivity index (χ0n) is 15.6. The largest absolute Gasteiger partial charge is 0.396 e. The molecule has 26 heavy (non-hydrogen) atoms. The third-order valence-corrected chi connectivity index (χ3v) is 6.52. The van der Waals surface area contributed by atoms with Gasteiger partial charge >= 0.3 is 0 Å². The van der Waals surface area contributed by atoms with Crippen molar-refractivity contribution in [2.45, 2.75) is 32.3 Å². The van der Waals surface area contributed by atoms with E-state index in [2.05, 4.69) is 72.8 Å². The zero-order valence-corrected chi connectivity index (χ0v) is 17.2. The summed E-state index contributed by atoms with van der Waals surface area (Å²) in [5.74, 6) is 0. The predicted molar refractivity (Wildman–Crippen MR) is 112 cm³/mol. The molecule has 1 aliphatic heterocycles. The van der Waals surface area contributed by atoms with Gasteiger partial charge in [-0.2, -0.15) is 0 Å². The molecule has 0 aliphatic carbocycles. The number of hydrogen-bond donors (Lipinski definition) is 1. The molecule has 0 radical (unpaired) electrons. The summed E-state index contributed by atoms with van der Waals surface area (Å²) >= 11 is 3.68. The van der Waals surface area contributed by atoms with Crippen molar-refractivity contribution in [3.05, 3.63) is 77.4 Å². The van der Waals surface area contributed by atoms with E-state index in [1.54, 1.807) is 0 Å². The summed E-state index contributed by atoms with van der Waals surface area (Å²) in [6.07, 6.45) is 1.51. The minimum atomic E-state index is -0.403. The Morgan fingerprint density at radius 1 is 1.12 bits per heavy atom. The summed E-state index contributed by atoms with van der Waals surface area (Å²) < 4.78 is 6.38. The molecule has 0 saturated carbocycles. The van der Waals surface area contributed by atoms with Gasteiger partial charge in [0.15, 0.2) is 0 Å². The number of benzene rings is 2. The Hall–Kier alpha value is -1.42. The third-order valence-electron chi connectivity index (χ3n) is 5.62. The lowest BCUT2D eigenvalue weighted by Gasteiger charge is -2.31. The van der Waals surface area contributed by atoms with Crippen LogP contribution in [0, 0.1) is 19.3 Å². The van der Waals surface area contributed by atoms with E-state index in [4.69, 9.17) is 4.74 Å². The van der Waals surface area contributed by atoms with Crippen molar-refractivity contribution in [2.75, 3.05) is 18.5 Å². The molecule has 3 heteroatoms. The quantitative estimate of drug-likeness (QED) is 0.641. The highest BCUT2D eigenvalue weighted by Crippen LogP contribution is 2.50. The van der Waals surface area contributed by atoms with Gasteiger partial charge in [0.2, 0.25) is 0 Å². The molecule has 0 bridgehead atoms. The van der Waals surface area contributed by atoms with Gasteiger partial charge in [-0.3, -0.25) is 0 Å². The second-order valence-corrected chi connectivity index (χ2v) is 8.22. The van der Waals surface area contributed by atoms with Crippen LogP contribution in [0.3, 0.4) is 0 Å². The Morgan fingerprint density at radius 2 is 1.77 bits per heavy atom. The van der Waals surface area contributed by atoms with Gasteiger partial charge in [-0.15, -0.1) is 0 Å². The van der Waals surface area contributed by atoms with Crippen LogP contribution in [0.5, 0.6) is 0 Å². The maximum Gasteiger partial charge on any atom is 0.104 e. The second-order valence-electron chi connectivity index (χ2n) is 7.66. The van der Waals surface area contributed by atoms with Gasteiger partial charge in [-0.25, -0.2) is 0 Å². The van der Waals surface area contributed by atoms with E-state index in [9.17, 15) is 5.11 Å². The van der Waals surface area contributed by atoms with E-state index in [1.165, 1.54) is 22.3 Å². The monoisotopic (exact) mass is 414 g/mol. The van der Waals surface area contributed by atoms with Crippen molar-refractivity contribution in [1.82, 2.24) is 0 Å². The van der Waals surface area contributed by atoms with Gasteiger partial charge in [0, 0.05) is 10.7 Å². The Bertz CT molecular complexity index is 800. The molecule has 1 aliphatic rings. The SMILES string of the molecule is C=C(C[C@@]1(CO)CO[C@@](CBr)(c2ccccc2C)C1)c1ccccc1C. The number of alkyl halides is 1. The molecule has 0 spiro atoms. The van der Waals surface area contributed by atoms with Gasteiger partial charge in [0.25, 0.3) is 0 Å². The molecule has 0 aromatic heterocycles. The number of aliphatic hydroxyl groups excluding tert-OH is 1. The van der Waals surface area contributed by atoms with E-state index < -0.39 is 5.60 Å². The lowest BCUT2D eigenvalue weighted by Crippen LogP contribution is -2.31. The molecule has 1 N–H and O–H groups in total. The molecule has 2 aromatic rings. The van der Waals surface area contributed by atoms with Crippen LogP contribution in [0.15, 0.2) is 55.1 Å². The number of rotatable bonds is 6. The van der Waals surface area contributed by atoms with Crippen molar-refractivity contribution in [1.29, 1.82) is 0 Å². The molecule has 3 rings (SSSR count). The van der Waals surface area contributed by atoms with Crippen molar-refractivity contribution < 1.29 is 9.84 Å². The van der Waals surface area contributed by atoms with Gasteiger partial charge in [0.05, 0.1) is 13.2 Å². The number of aryl methyl sites for hydroxylation is 2. The molecule has 0 unspecified atom stereocenters. The van der Waals surface area contributed by atoms with Gasteiger partial charge in [-0.05, 0) is 54.5 Å². The molecule has 1 heterocycles. The van der Waals surface area contributed by atoms with Crippen LogP contribution in [0.4, 0.5) is 0 Å². The first-order valence-electron chi connectivity index (χ1n) is 9.06. The third kappa shape index (κ3) is 3.53. The van der Waals surface area contributed by atoms with E-state index in [0.717, 1.165) is 18.4 Å². The zero-order chi connectivity index (χ0) is 18.8. The molecule has 1 saturated heterocycles. The smallest absolute Gasteiger partial charge is 0.104 e. The maximum atomic E-state index is 10.3. The van der Waals surface area contributed by atoms with Crippen molar-refractivity contribution >= 4 is 21.5 Å². The number of aliphatic hydroxyl groups is 1. The molecule has 138 valence electrons. The van der Waals surface area contributed by atoms with Gasteiger partial charge in [-0.1, -0.05) is 71.0 Å². The number of hydrogen-bond acceptors (Lipinski definition) is 2. The van der Waals surface area contributed by atoms with Crippen LogP contribution >= 0.6 is 15.9 Å². The van der Waals surface area contributed by atoms with E-state index in [0.29, 0.717) is 11.9 Å². The summed E-state index contributed by atoms with van der Waals surface area (Å²) in [5.41, 5.74) is 5.17. The maximum absolute atomic E-state index is 10.3. The first-order valence-corrected chi connectivity index (χ1v) is 10.2. The van der Waals surface area contributed by atoms with Crippen LogP contribution in [0.25, 0.3) is 5.57 Å². The summed E-state index contributed by atoms with van der Waals surface area (Å²) in [7, 11) is 0. The molecule has 0 amide bonds. The first kappa shape index (κ1) is 19.3. The van der Waals surface area contributed by atoms with Gasteiger partial charge < -0.3 is 9.84 Å². The Labute approximate surface area is 165 Å². The van der Waals surface area contributed by atoms with Gasteiger partial charge in [0.1, 0.15) is 5.60 Å². The fraction of sp³-hybridized carbons (Fsp3) is 0.391. The van der Waals surface area contributed by atoms with Crippen LogP contribution < -0.4 is 0 Å². The number of halogens is 1. The highest BCUT2D eigenvalue weighted by atomic mass is 79.9. The van der Waals surface area contributed by atoms with Crippen molar-refractivity contribution in [2.24, 2.45) is 5.41 Å². The fourth-order valence-corrected chi connectivity index (χ4v) is 4.86. The average molecular weight is 415 g/mol. The number of allylic oxidation sites excluding steroid dienone is 1. The van der Waals surface area contributed by atoms with Crippen molar-refractivity contribution in [3.8, 4) is 0 Å². The molecular formula is C23H27BrO2. The van der Waals surface area contributed by atoms with Crippen molar-refractivity contribution in [3.63, 3.8) is 0 Å². The standard InChI is InChI=1S/C23H27BrO2/c1-17-8-4-6-10-20(17)19(3)12-22(15-25)13-23(14-24,26-16-22)21-11-7-5-9-18(21)2/h4-11,25H,3,12-16H2,1-2H3/t22-,23+/m1/s1. The summed E-state index contributed by atoms with van der Waals surface area (Å²) in [6, 6.07) is 16.7. The van der Waals surface area contributed by atoms with E-state index in [-0.39, 0.29) is 12.0 Å². The van der Waals surface area contributed by atoms with E-state index in [1.807, 2.05) is 12.1 Å². The van der Waals surface area contributed by atoms with Crippen LogP contribution in [0.2, 0.25) is 0 Å². The Morgan fingerprint density at radius 3 is 2.38 bits per heavy atom. The average Bonchev–Trinajstić information content (AvgIpc) is 3.03.